The maximum atomic E-state index is 12.8. The van der Waals surface area contributed by atoms with E-state index in [0.717, 1.165) is 18.4 Å². The second kappa shape index (κ2) is 6.90. The first-order valence-corrected chi connectivity index (χ1v) is 9.07. The van der Waals surface area contributed by atoms with Gasteiger partial charge in [0.05, 0.1) is 18.1 Å². The van der Waals surface area contributed by atoms with Gasteiger partial charge < -0.3 is 4.74 Å². The molecule has 0 spiro atoms. The van der Waals surface area contributed by atoms with Crippen molar-refractivity contribution >= 4 is 10.0 Å². The average molecular weight is 311 g/mol. The predicted octanol–water partition coefficient (Wildman–Crippen LogP) is 2.68. The van der Waals surface area contributed by atoms with E-state index in [1.165, 1.54) is 0 Å². The van der Waals surface area contributed by atoms with E-state index in [1.807, 2.05) is 12.1 Å². The molecule has 0 bridgehead atoms. The molecule has 1 aromatic rings. The highest BCUT2D eigenvalue weighted by Crippen LogP contribution is 2.24. The van der Waals surface area contributed by atoms with Crippen LogP contribution in [0.4, 0.5) is 0 Å². The number of sulfonamides is 1. The Kier molecular flexibility index (Phi) is 5.41. The van der Waals surface area contributed by atoms with Crippen LogP contribution in [0.1, 0.15) is 32.8 Å². The van der Waals surface area contributed by atoms with Gasteiger partial charge in [-0.3, -0.25) is 0 Å². The summed E-state index contributed by atoms with van der Waals surface area (Å²) in [6.07, 6.45) is 1.74. The molecule has 1 fully saturated rings. The van der Waals surface area contributed by atoms with Crippen LogP contribution in [0.5, 0.6) is 0 Å². The lowest BCUT2D eigenvalue weighted by Crippen LogP contribution is -2.49. The van der Waals surface area contributed by atoms with Crippen LogP contribution >= 0.6 is 0 Å². The van der Waals surface area contributed by atoms with Crippen molar-refractivity contribution in [1.29, 1.82) is 0 Å². The molecule has 0 radical (unpaired) electrons. The number of aryl methyl sites for hydroxylation is 1. The number of rotatable bonds is 5. The van der Waals surface area contributed by atoms with Crippen LogP contribution in [-0.4, -0.2) is 38.5 Å². The fourth-order valence-electron chi connectivity index (χ4n) is 2.72. The molecule has 5 heteroatoms. The maximum Gasteiger partial charge on any atom is 0.243 e. The van der Waals surface area contributed by atoms with Crippen molar-refractivity contribution in [2.45, 2.75) is 44.6 Å². The topological polar surface area (TPSA) is 46.6 Å². The maximum absolute atomic E-state index is 12.8. The van der Waals surface area contributed by atoms with E-state index in [4.69, 9.17) is 4.74 Å². The van der Waals surface area contributed by atoms with Crippen molar-refractivity contribution in [3.63, 3.8) is 0 Å². The zero-order chi connectivity index (χ0) is 15.5. The minimum absolute atomic E-state index is 0.0606. The molecule has 1 aromatic carbocycles. The summed E-state index contributed by atoms with van der Waals surface area (Å²) in [6.45, 7) is 7.68. The van der Waals surface area contributed by atoms with Gasteiger partial charge in [-0.05, 0) is 36.5 Å². The first-order chi connectivity index (χ1) is 9.95. The Morgan fingerprint density at radius 1 is 1.29 bits per heavy atom. The number of morpholine rings is 1. The highest BCUT2D eigenvalue weighted by Gasteiger charge is 2.34. The van der Waals surface area contributed by atoms with Crippen molar-refractivity contribution in [3.05, 3.63) is 29.8 Å². The SMILES string of the molecule is CCc1ccc(S(=O)(=O)N2CCOCC2CC(C)C)cc1. The van der Waals surface area contributed by atoms with Gasteiger partial charge in [-0.15, -0.1) is 0 Å². The summed E-state index contributed by atoms with van der Waals surface area (Å²) in [5.41, 5.74) is 1.15. The van der Waals surface area contributed by atoms with Crippen molar-refractivity contribution in [2.24, 2.45) is 5.92 Å². The van der Waals surface area contributed by atoms with Gasteiger partial charge in [0.2, 0.25) is 10.0 Å². The molecule has 0 saturated carbocycles. The Morgan fingerprint density at radius 3 is 2.52 bits per heavy atom. The quantitative estimate of drug-likeness (QED) is 0.840. The van der Waals surface area contributed by atoms with E-state index in [0.29, 0.717) is 30.6 Å². The molecular formula is C16H25NO3S. The lowest BCUT2D eigenvalue weighted by Gasteiger charge is -2.35. The standard InChI is InChI=1S/C16H25NO3S/c1-4-14-5-7-16(8-6-14)21(18,19)17-9-10-20-12-15(17)11-13(2)3/h5-8,13,15H,4,9-12H2,1-3H3. The summed E-state index contributed by atoms with van der Waals surface area (Å²) in [6, 6.07) is 7.16. The van der Waals surface area contributed by atoms with Crippen LogP contribution in [0.25, 0.3) is 0 Å². The van der Waals surface area contributed by atoms with Crippen molar-refractivity contribution in [1.82, 2.24) is 4.31 Å². The molecular weight excluding hydrogens is 286 g/mol. The molecule has 2 rings (SSSR count). The minimum atomic E-state index is -3.43. The Bertz CT molecular complexity index is 551. The Hall–Kier alpha value is -0.910. The van der Waals surface area contributed by atoms with Crippen LogP contribution in [0.2, 0.25) is 0 Å². The zero-order valence-electron chi connectivity index (χ0n) is 13.1. The predicted molar refractivity (Wildman–Crippen MR) is 83.8 cm³/mol. The zero-order valence-corrected chi connectivity index (χ0v) is 13.9. The van der Waals surface area contributed by atoms with Crippen molar-refractivity contribution < 1.29 is 13.2 Å². The van der Waals surface area contributed by atoms with E-state index in [2.05, 4.69) is 20.8 Å². The van der Waals surface area contributed by atoms with Gasteiger partial charge in [-0.25, -0.2) is 8.42 Å². The van der Waals surface area contributed by atoms with Crippen LogP contribution in [-0.2, 0) is 21.2 Å². The molecule has 0 aromatic heterocycles. The van der Waals surface area contributed by atoms with Gasteiger partial charge in [0, 0.05) is 12.6 Å². The molecule has 0 amide bonds. The highest BCUT2D eigenvalue weighted by molar-refractivity contribution is 7.89. The first-order valence-electron chi connectivity index (χ1n) is 7.63. The lowest BCUT2D eigenvalue weighted by atomic mass is 10.0. The van der Waals surface area contributed by atoms with Gasteiger partial charge in [-0.2, -0.15) is 4.31 Å². The summed E-state index contributed by atoms with van der Waals surface area (Å²) in [5, 5.41) is 0. The molecule has 21 heavy (non-hydrogen) atoms. The molecule has 1 aliphatic rings. The molecule has 1 atom stereocenters. The molecule has 1 aliphatic heterocycles. The van der Waals surface area contributed by atoms with Gasteiger partial charge >= 0.3 is 0 Å². The Balaban J connectivity index is 2.26. The fourth-order valence-corrected chi connectivity index (χ4v) is 4.32. The van der Waals surface area contributed by atoms with E-state index < -0.39 is 10.0 Å². The third-order valence-electron chi connectivity index (χ3n) is 3.86. The van der Waals surface area contributed by atoms with Gasteiger partial charge in [0.15, 0.2) is 0 Å². The molecule has 4 nitrogen and oxygen atoms in total. The Morgan fingerprint density at radius 2 is 1.95 bits per heavy atom. The molecule has 1 unspecified atom stereocenters. The molecule has 0 aliphatic carbocycles. The summed E-state index contributed by atoms with van der Waals surface area (Å²) in [5.74, 6) is 0.442. The van der Waals surface area contributed by atoms with Crippen LogP contribution in [0, 0.1) is 5.92 Å². The van der Waals surface area contributed by atoms with E-state index in [1.54, 1.807) is 16.4 Å². The number of hydrogen-bond donors (Lipinski definition) is 0. The van der Waals surface area contributed by atoms with E-state index in [9.17, 15) is 8.42 Å². The second-order valence-electron chi connectivity index (χ2n) is 5.97. The number of hydrogen-bond acceptors (Lipinski definition) is 3. The summed E-state index contributed by atoms with van der Waals surface area (Å²) < 4.78 is 32.8. The van der Waals surface area contributed by atoms with Gasteiger partial charge in [0.1, 0.15) is 0 Å². The van der Waals surface area contributed by atoms with E-state index >= 15 is 0 Å². The van der Waals surface area contributed by atoms with E-state index in [-0.39, 0.29) is 6.04 Å². The van der Waals surface area contributed by atoms with Crippen LogP contribution < -0.4 is 0 Å². The molecule has 1 saturated heterocycles. The third-order valence-corrected chi connectivity index (χ3v) is 5.82. The van der Waals surface area contributed by atoms with Crippen LogP contribution in [0.3, 0.4) is 0 Å². The van der Waals surface area contributed by atoms with Crippen molar-refractivity contribution in [3.8, 4) is 0 Å². The smallest absolute Gasteiger partial charge is 0.243 e. The third kappa shape index (κ3) is 3.84. The van der Waals surface area contributed by atoms with Crippen molar-refractivity contribution in [2.75, 3.05) is 19.8 Å². The molecule has 1 heterocycles. The summed E-state index contributed by atoms with van der Waals surface area (Å²) in [7, 11) is -3.43. The number of nitrogens with zero attached hydrogens (tertiary/aromatic N) is 1. The first kappa shape index (κ1) is 16.5. The van der Waals surface area contributed by atoms with Gasteiger partial charge in [0.25, 0.3) is 0 Å². The lowest BCUT2D eigenvalue weighted by molar-refractivity contribution is 0.0254. The highest BCUT2D eigenvalue weighted by atomic mass is 32.2. The second-order valence-corrected chi connectivity index (χ2v) is 7.86. The average Bonchev–Trinajstić information content (AvgIpc) is 2.47. The molecule has 0 N–H and O–H groups in total. The normalized spacial score (nSPS) is 20.9. The Labute approximate surface area is 128 Å². The largest absolute Gasteiger partial charge is 0.378 e. The fraction of sp³-hybridized carbons (Fsp3) is 0.625. The number of ether oxygens (including phenoxy) is 1. The molecule has 118 valence electrons. The van der Waals surface area contributed by atoms with Gasteiger partial charge in [-0.1, -0.05) is 32.9 Å². The summed E-state index contributed by atoms with van der Waals surface area (Å²) in [4.78, 5) is 0.385. The number of benzene rings is 1. The minimum Gasteiger partial charge on any atom is -0.378 e. The monoisotopic (exact) mass is 311 g/mol. The summed E-state index contributed by atoms with van der Waals surface area (Å²) >= 11 is 0. The van der Waals surface area contributed by atoms with Crippen LogP contribution in [0.15, 0.2) is 29.2 Å².